The molecule has 0 fully saturated rings. The van der Waals surface area contributed by atoms with Crippen molar-refractivity contribution in [3.8, 4) is 0 Å². The number of benzene rings is 1. The maximum atomic E-state index is 11.7. The predicted molar refractivity (Wildman–Crippen MR) is 55.8 cm³/mol. The summed E-state index contributed by atoms with van der Waals surface area (Å²) in [5.74, 6) is -0.567. The Hall–Kier alpha value is -2.08. The van der Waals surface area contributed by atoms with E-state index in [2.05, 4.69) is 4.79 Å². The fourth-order valence-corrected chi connectivity index (χ4v) is 2.29. The summed E-state index contributed by atoms with van der Waals surface area (Å²) < 4.78 is 33.0. The minimum Gasteiger partial charge on any atom is -0.744 e. The highest BCUT2D eigenvalue weighted by Gasteiger charge is 2.29. The molecule has 1 aliphatic carbocycles. The van der Waals surface area contributed by atoms with Gasteiger partial charge in [0.1, 0.15) is 10.1 Å². The predicted octanol–water partition coefficient (Wildman–Crippen LogP) is 0.480. The van der Waals surface area contributed by atoms with Crippen LogP contribution >= 0.6 is 0 Å². The molecule has 0 atom stereocenters. The Morgan fingerprint density at radius 1 is 1.24 bits per heavy atom. The summed E-state index contributed by atoms with van der Waals surface area (Å²) in [7, 11) is -4.63. The van der Waals surface area contributed by atoms with Crippen molar-refractivity contribution in [1.29, 1.82) is 5.53 Å². The van der Waals surface area contributed by atoms with Gasteiger partial charge in [0.2, 0.25) is 0 Å². The molecule has 7 heteroatoms. The molecule has 0 saturated carbocycles. The second-order valence-electron chi connectivity index (χ2n) is 3.33. The van der Waals surface area contributed by atoms with Crippen molar-refractivity contribution >= 4 is 27.7 Å². The molecular weight excluding hydrogens is 244 g/mol. The summed E-state index contributed by atoms with van der Waals surface area (Å²) in [5, 5.41) is 0. The van der Waals surface area contributed by atoms with E-state index in [-0.39, 0.29) is 16.8 Å². The van der Waals surface area contributed by atoms with Gasteiger partial charge in [0.05, 0.1) is 15.2 Å². The maximum absolute atomic E-state index is 11.7. The van der Waals surface area contributed by atoms with E-state index in [0.717, 1.165) is 6.07 Å². The van der Waals surface area contributed by atoms with E-state index in [0.29, 0.717) is 0 Å². The molecule has 0 saturated heterocycles. The van der Waals surface area contributed by atoms with E-state index in [9.17, 15) is 17.8 Å². The van der Waals surface area contributed by atoms with Gasteiger partial charge in [0, 0.05) is 17.2 Å². The topological polar surface area (TPSA) is 112 Å². The molecule has 1 aliphatic rings. The Labute approximate surface area is 96.6 Å². The van der Waals surface area contributed by atoms with Crippen LogP contribution in [0.25, 0.3) is 6.08 Å². The minimum absolute atomic E-state index is 0.0555. The summed E-state index contributed by atoms with van der Waals surface area (Å²) in [6, 6.07) is 3.84. The summed E-state index contributed by atoms with van der Waals surface area (Å²) in [6.45, 7) is 0. The molecule has 17 heavy (non-hydrogen) atoms. The largest absolute Gasteiger partial charge is 0.744 e. The van der Waals surface area contributed by atoms with Crippen LogP contribution in [-0.2, 0) is 10.1 Å². The number of hydrogen-bond acceptors (Lipinski definition) is 5. The van der Waals surface area contributed by atoms with Crippen LogP contribution in [0.15, 0.2) is 29.2 Å². The van der Waals surface area contributed by atoms with Crippen LogP contribution in [0.1, 0.15) is 15.9 Å². The molecule has 1 aromatic carbocycles. The Morgan fingerprint density at radius 3 is 2.53 bits per heavy atom. The Morgan fingerprint density at radius 2 is 1.94 bits per heavy atom. The van der Waals surface area contributed by atoms with Crippen LogP contribution in [-0.4, -0.2) is 29.3 Å². The van der Waals surface area contributed by atoms with E-state index < -0.39 is 20.8 Å². The van der Waals surface area contributed by atoms with Gasteiger partial charge >= 0.3 is 5.71 Å². The lowest BCUT2D eigenvalue weighted by molar-refractivity contribution is -0.117. The molecule has 1 N–H and O–H groups in total. The molecule has 2 rings (SSSR count). The van der Waals surface area contributed by atoms with Gasteiger partial charge in [0.15, 0.2) is 0 Å². The second kappa shape index (κ2) is 3.74. The summed E-state index contributed by atoms with van der Waals surface area (Å²) in [5.41, 5.74) is 6.80. The zero-order valence-electron chi connectivity index (χ0n) is 8.38. The summed E-state index contributed by atoms with van der Waals surface area (Å²) in [6.07, 6.45) is 2.52. The second-order valence-corrected chi connectivity index (χ2v) is 4.68. The van der Waals surface area contributed by atoms with Gasteiger partial charge in [0.25, 0.3) is 5.78 Å². The average molecular weight is 250 g/mol. The van der Waals surface area contributed by atoms with Crippen LogP contribution < -0.4 is 0 Å². The molecule has 0 bridgehead atoms. The normalized spacial score (nSPS) is 14.4. The number of rotatable bonds is 1. The quantitative estimate of drug-likeness (QED) is 0.443. The van der Waals surface area contributed by atoms with Crippen molar-refractivity contribution in [1.82, 2.24) is 0 Å². The van der Waals surface area contributed by atoms with Gasteiger partial charge in [-0.05, 0) is 12.1 Å². The summed E-state index contributed by atoms with van der Waals surface area (Å²) in [4.78, 5) is 14.3. The lowest BCUT2D eigenvalue weighted by Crippen LogP contribution is -2.19. The zero-order chi connectivity index (χ0) is 12.6. The van der Waals surface area contributed by atoms with Crippen LogP contribution in [0.3, 0.4) is 0 Å². The van der Waals surface area contributed by atoms with E-state index in [1.807, 2.05) is 0 Å². The van der Waals surface area contributed by atoms with Crippen molar-refractivity contribution in [2.24, 2.45) is 0 Å². The van der Waals surface area contributed by atoms with E-state index in [1.54, 1.807) is 0 Å². The Balaban J connectivity index is 2.80. The molecule has 0 aromatic heterocycles. The third kappa shape index (κ3) is 1.83. The molecular formula is C10H6N2O4S. The van der Waals surface area contributed by atoms with Crippen molar-refractivity contribution in [3.05, 3.63) is 35.4 Å². The standard InChI is InChI=1S/C10H6N2O4S/c11-12-8-5-4-6-7(10(8)13)2-1-3-9(6)17(14,15)16/h1-5,11H. The van der Waals surface area contributed by atoms with E-state index >= 15 is 0 Å². The number of carbonyl (C=O) groups is 1. The molecule has 0 radical (unpaired) electrons. The number of hydrogen-bond donors (Lipinski definition) is 1. The smallest absolute Gasteiger partial charge is 0.412 e. The molecule has 0 heterocycles. The van der Waals surface area contributed by atoms with Gasteiger partial charge in [-0.1, -0.05) is 12.1 Å². The number of allylic oxidation sites excluding steroid dienone is 1. The molecule has 0 aliphatic heterocycles. The highest BCUT2D eigenvalue weighted by molar-refractivity contribution is 7.85. The van der Waals surface area contributed by atoms with Gasteiger partial charge in [-0.3, -0.25) is 4.79 Å². The first-order chi connectivity index (χ1) is 7.95. The third-order valence-corrected chi connectivity index (χ3v) is 3.24. The zero-order valence-corrected chi connectivity index (χ0v) is 9.19. The van der Waals surface area contributed by atoms with Gasteiger partial charge in [-0.25, -0.2) is 8.42 Å². The number of carbonyl (C=O) groups excluding carboxylic acids is 1. The fraction of sp³-hybridized carbons (Fsp3) is 0. The van der Waals surface area contributed by atoms with Crippen molar-refractivity contribution in [2.75, 3.05) is 0 Å². The fourth-order valence-electron chi connectivity index (χ4n) is 1.60. The molecule has 0 spiro atoms. The SMILES string of the molecule is N=[N+]=C1C=Cc2c(cccc2S(=O)(=O)[O-])C1=O. The minimum atomic E-state index is -4.63. The molecule has 0 unspecified atom stereocenters. The van der Waals surface area contributed by atoms with Crippen LogP contribution in [0, 0.1) is 5.53 Å². The lowest BCUT2D eigenvalue weighted by Gasteiger charge is -2.14. The summed E-state index contributed by atoms with van der Waals surface area (Å²) >= 11 is 0. The monoisotopic (exact) mass is 250 g/mol. The molecule has 1 aromatic rings. The van der Waals surface area contributed by atoms with Crippen molar-refractivity contribution in [3.63, 3.8) is 0 Å². The van der Waals surface area contributed by atoms with Crippen LogP contribution in [0.5, 0.6) is 0 Å². The lowest BCUT2D eigenvalue weighted by atomic mass is 9.95. The van der Waals surface area contributed by atoms with Crippen LogP contribution in [0.4, 0.5) is 0 Å². The first-order valence-corrected chi connectivity index (χ1v) is 5.92. The number of nitrogens with one attached hydrogen (secondary N) is 1. The van der Waals surface area contributed by atoms with Gasteiger partial charge in [-0.15, -0.1) is 0 Å². The molecule has 0 amide bonds. The average Bonchev–Trinajstić information content (AvgIpc) is 2.28. The number of nitrogens with zero attached hydrogens (tertiary/aromatic N) is 1. The number of Topliss-reactive ketones (excluding diaryl/α,β-unsaturated/α-hetero) is 1. The van der Waals surface area contributed by atoms with Crippen molar-refractivity contribution in [2.45, 2.75) is 4.90 Å². The van der Waals surface area contributed by atoms with Crippen LogP contribution in [0.2, 0.25) is 0 Å². The van der Waals surface area contributed by atoms with E-state index in [4.69, 9.17) is 5.53 Å². The van der Waals surface area contributed by atoms with E-state index in [1.165, 1.54) is 24.3 Å². The Kier molecular flexibility index (Phi) is 2.51. The van der Waals surface area contributed by atoms with Gasteiger partial charge in [-0.2, -0.15) is 0 Å². The van der Waals surface area contributed by atoms with Crippen molar-refractivity contribution < 1.29 is 22.6 Å². The highest BCUT2D eigenvalue weighted by Crippen LogP contribution is 2.24. The number of fused-ring (bicyclic) bond motifs is 1. The Bertz CT molecular complexity index is 697. The van der Waals surface area contributed by atoms with Gasteiger partial charge < -0.3 is 4.55 Å². The first-order valence-electron chi connectivity index (χ1n) is 4.51. The number of ketones is 1. The highest BCUT2D eigenvalue weighted by atomic mass is 32.2. The molecule has 86 valence electrons. The first kappa shape index (κ1) is 11.4. The maximum Gasteiger partial charge on any atom is 0.412 e. The third-order valence-electron chi connectivity index (χ3n) is 2.34. The molecule has 6 nitrogen and oxygen atoms in total.